The second kappa shape index (κ2) is 7.70. The highest BCUT2D eigenvalue weighted by Gasteiger charge is 2.43. The summed E-state index contributed by atoms with van der Waals surface area (Å²) in [5, 5.41) is 0.357. The van der Waals surface area contributed by atoms with E-state index in [1.54, 1.807) is 13.2 Å². The Labute approximate surface area is 166 Å². The van der Waals surface area contributed by atoms with Crippen LogP contribution in [0.4, 0.5) is 10.7 Å². The minimum atomic E-state index is -0.482. The standard InChI is InChI=1S/C19H29ClN4O3/c1-19(2,3)27-18(25)24-12-7-6-8-13(24)10-14(9-12)23(4)17-21-15(20)11-16(22-17)26-5/h11-14H,6-10H2,1-5H3/t12-,13+,14?. The van der Waals surface area contributed by atoms with Gasteiger partial charge in [-0.3, -0.25) is 0 Å². The summed E-state index contributed by atoms with van der Waals surface area (Å²) in [6.07, 6.45) is 4.68. The molecule has 0 spiro atoms. The quantitative estimate of drug-likeness (QED) is 0.722. The van der Waals surface area contributed by atoms with Gasteiger partial charge in [0.15, 0.2) is 0 Å². The van der Waals surface area contributed by atoms with Crippen LogP contribution in [0.25, 0.3) is 0 Å². The zero-order valence-corrected chi connectivity index (χ0v) is 17.5. The van der Waals surface area contributed by atoms with Crippen molar-refractivity contribution in [3.63, 3.8) is 0 Å². The number of amides is 1. The van der Waals surface area contributed by atoms with E-state index in [9.17, 15) is 4.79 Å². The van der Waals surface area contributed by atoms with E-state index in [2.05, 4.69) is 14.9 Å². The molecule has 0 radical (unpaired) electrons. The van der Waals surface area contributed by atoms with Crippen molar-refractivity contribution in [3.8, 4) is 5.88 Å². The van der Waals surface area contributed by atoms with Gasteiger partial charge in [0.25, 0.3) is 0 Å². The Balaban J connectivity index is 1.76. The number of halogens is 1. The Kier molecular flexibility index (Phi) is 5.70. The van der Waals surface area contributed by atoms with Crippen molar-refractivity contribution in [1.29, 1.82) is 0 Å². The van der Waals surface area contributed by atoms with E-state index in [1.165, 1.54) is 0 Å². The molecule has 3 atom stereocenters. The van der Waals surface area contributed by atoms with Crippen molar-refractivity contribution in [1.82, 2.24) is 14.9 Å². The topological polar surface area (TPSA) is 67.8 Å². The largest absolute Gasteiger partial charge is 0.481 e. The summed E-state index contributed by atoms with van der Waals surface area (Å²) in [6.45, 7) is 5.72. The van der Waals surface area contributed by atoms with Crippen LogP contribution in [-0.4, -0.2) is 58.8 Å². The predicted octanol–water partition coefficient (Wildman–Crippen LogP) is 3.90. The van der Waals surface area contributed by atoms with Gasteiger partial charge in [-0.15, -0.1) is 0 Å². The lowest BCUT2D eigenvalue weighted by Gasteiger charge is -2.50. The van der Waals surface area contributed by atoms with Crippen molar-refractivity contribution in [3.05, 3.63) is 11.2 Å². The Morgan fingerprint density at radius 2 is 1.89 bits per heavy atom. The van der Waals surface area contributed by atoms with Gasteiger partial charge in [-0.1, -0.05) is 11.6 Å². The molecule has 2 aliphatic heterocycles. The third-order valence-corrected chi connectivity index (χ3v) is 5.48. The van der Waals surface area contributed by atoms with Crippen molar-refractivity contribution in [2.75, 3.05) is 19.1 Å². The third kappa shape index (κ3) is 4.57. The van der Waals surface area contributed by atoms with Crippen LogP contribution in [0.3, 0.4) is 0 Å². The van der Waals surface area contributed by atoms with E-state index in [1.807, 2.05) is 32.7 Å². The average molecular weight is 397 g/mol. The molecule has 2 aliphatic rings. The molecule has 2 fully saturated rings. The van der Waals surface area contributed by atoms with E-state index in [-0.39, 0.29) is 24.2 Å². The van der Waals surface area contributed by atoms with Gasteiger partial charge < -0.3 is 19.3 Å². The van der Waals surface area contributed by atoms with Crippen LogP contribution < -0.4 is 9.64 Å². The van der Waals surface area contributed by atoms with Gasteiger partial charge in [-0.25, -0.2) is 9.78 Å². The number of carbonyl (C=O) groups is 1. The molecule has 0 aliphatic carbocycles. The molecular weight excluding hydrogens is 368 g/mol. The van der Waals surface area contributed by atoms with Crippen molar-refractivity contribution < 1.29 is 14.3 Å². The van der Waals surface area contributed by atoms with Gasteiger partial charge in [0.1, 0.15) is 10.8 Å². The highest BCUT2D eigenvalue weighted by atomic mass is 35.5. The van der Waals surface area contributed by atoms with Crippen molar-refractivity contribution in [2.24, 2.45) is 0 Å². The van der Waals surface area contributed by atoms with Crippen LogP contribution >= 0.6 is 11.6 Å². The molecule has 1 aromatic heterocycles. The number of anilines is 1. The van der Waals surface area contributed by atoms with Gasteiger partial charge in [-0.05, 0) is 52.9 Å². The molecule has 3 heterocycles. The van der Waals surface area contributed by atoms with Crippen LogP contribution in [0, 0.1) is 0 Å². The lowest BCUT2D eigenvalue weighted by molar-refractivity contribution is -0.0214. The molecule has 27 heavy (non-hydrogen) atoms. The Hall–Kier alpha value is -1.76. The first-order chi connectivity index (χ1) is 12.7. The van der Waals surface area contributed by atoms with Gasteiger partial charge >= 0.3 is 6.09 Å². The third-order valence-electron chi connectivity index (χ3n) is 5.29. The van der Waals surface area contributed by atoms with Gasteiger partial charge in [-0.2, -0.15) is 4.98 Å². The smallest absolute Gasteiger partial charge is 0.410 e. The van der Waals surface area contributed by atoms with Crippen molar-refractivity contribution >= 4 is 23.6 Å². The second-order valence-electron chi connectivity index (χ2n) is 8.40. The number of rotatable bonds is 3. The lowest BCUT2D eigenvalue weighted by atomic mass is 9.81. The maximum Gasteiger partial charge on any atom is 0.410 e. The van der Waals surface area contributed by atoms with Crippen LogP contribution in [0.2, 0.25) is 5.15 Å². The Morgan fingerprint density at radius 3 is 2.44 bits per heavy atom. The zero-order chi connectivity index (χ0) is 19.8. The van der Waals surface area contributed by atoms with E-state index in [0.29, 0.717) is 17.0 Å². The summed E-state index contributed by atoms with van der Waals surface area (Å²) >= 11 is 6.11. The molecule has 0 saturated carbocycles. The molecule has 1 unspecified atom stereocenters. The predicted molar refractivity (Wildman–Crippen MR) is 105 cm³/mol. The molecule has 1 aromatic rings. The zero-order valence-electron chi connectivity index (χ0n) is 16.7. The first-order valence-electron chi connectivity index (χ1n) is 9.50. The van der Waals surface area contributed by atoms with E-state index >= 15 is 0 Å². The van der Waals surface area contributed by atoms with Crippen LogP contribution in [-0.2, 0) is 4.74 Å². The highest BCUT2D eigenvalue weighted by Crippen LogP contribution is 2.37. The molecule has 3 rings (SSSR count). The SMILES string of the molecule is COc1cc(Cl)nc(N(C)C2C[C@H]3CCC[C@@H](C2)N3C(=O)OC(C)(C)C)n1. The average Bonchev–Trinajstić information content (AvgIpc) is 2.57. The van der Waals surface area contributed by atoms with Crippen molar-refractivity contribution in [2.45, 2.75) is 76.6 Å². The molecule has 7 nitrogen and oxygen atoms in total. The monoisotopic (exact) mass is 396 g/mol. The summed E-state index contributed by atoms with van der Waals surface area (Å²) in [7, 11) is 3.54. The first kappa shape index (κ1) is 20.0. The fourth-order valence-electron chi connectivity index (χ4n) is 4.09. The molecular formula is C19H29ClN4O3. The summed E-state index contributed by atoms with van der Waals surface area (Å²) in [4.78, 5) is 25.5. The Bertz CT molecular complexity index is 680. The fourth-order valence-corrected chi connectivity index (χ4v) is 4.26. The molecule has 1 amide bonds. The lowest BCUT2D eigenvalue weighted by Crippen LogP contribution is -2.59. The maximum absolute atomic E-state index is 12.7. The normalized spacial score (nSPS) is 25.1. The summed E-state index contributed by atoms with van der Waals surface area (Å²) in [5.74, 6) is 0.997. The highest BCUT2D eigenvalue weighted by molar-refractivity contribution is 6.29. The van der Waals surface area contributed by atoms with Gasteiger partial charge in [0.2, 0.25) is 11.8 Å². The minimum absolute atomic E-state index is 0.181. The van der Waals surface area contributed by atoms with Crippen LogP contribution in [0.5, 0.6) is 5.88 Å². The number of methoxy groups -OCH3 is 1. The molecule has 8 heteroatoms. The van der Waals surface area contributed by atoms with Crippen LogP contribution in [0.15, 0.2) is 6.07 Å². The summed E-state index contributed by atoms with van der Waals surface area (Å²) in [5.41, 5.74) is -0.482. The summed E-state index contributed by atoms with van der Waals surface area (Å²) in [6, 6.07) is 2.20. The molecule has 150 valence electrons. The van der Waals surface area contributed by atoms with E-state index < -0.39 is 5.60 Å². The number of carbonyl (C=O) groups excluding carboxylic acids is 1. The molecule has 0 N–H and O–H groups in total. The minimum Gasteiger partial charge on any atom is -0.481 e. The van der Waals surface area contributed by atoms with E-state index in [0.717, 1.165) is 32.1 Å². The first-order valence-corrected chi connectivity index (χ1v) is 9.88. The van der Waals surface area contributed by atoms with Crippen LogP contribution in [0.1, 0.15) is 52.9 Å². The number of ether oxygens (including phenoxy) is 2. The van der Waals surface area contributed by atoms with Gasteiger partial charge in [0.05, 0.1) is 7.11 Å². The van der Waals surface area contributed by atoms with E-state index in [4.69, 9.17) is 21.1 Å². The number of nitrogens with zero attached hydrogens (tertiary/aromatic N) is 4. The molecule has 2 bridgehead atoms. The summed E-state index contributed by atoms with van der Waals surface area (Å²) < 4.78 is 10.9. The van der Waals surface area contributed by atoms with Gasteiger partial charge in [0, 0.05) is 31.2 Å². The Morgan fingerprint density at radius 1 is 1.26 bits per heavy atom. The maximum atomic E-state index is 12.7. The number of aromatic nitrogens is 2. The number of hydrogen-bond acceptors (Lipinski definition) is 6. The number of piperidine rings is 2. The number of fused-ring (bicyclic) bond motifs is 2. The fraction of sp³-hybridized carbons (Fsp3) is 0.737. The second-order valence-corrected chi connectivity index (χ2v) is 8.78. The number of hydrogen-bond donors (Lipinski definition) is 0. The molecule has 0 aromatic carbocycles. The molecule has 2 saturated heterocycles.